The summed E-state index contributed by atoms with van der Waals surface area (Å²) in [6.07, 6.45) is 5.95. The van der Waals surface area contributed by atoms with Crippen LogP contribution in [0.4, 0.5) is 0 Å². The number of nitrogens with one attached hydrogen (secondary N) is 1. The van der Waals surface area contributed by atoms with Crippen LogP contribution in [-0.4, -0.2) is 72.4 Å². The average Bonchev–Trinajstić information content (AvgIpc) is 2.94. The zero-order valence-corrected chi connectivity index (χ0v) is 21.3. The Kier molecular flexibility index (Phi) is 5.64. The quantitative estimate of drug-likeness (QED) is 0.389. The number of allylic oxidation sites excluding steroid dienone is 1. The van der Waals surface area contributed by atoms with E-state index in [2.05, 4.69) is 37.9 Å². The third kappa shape index (κ3) is 2.94. The van der Waals surface area contributed by atoms with Crippen LogP contribution < -0.4 is 5.32 Å². The highest BCUT2D eigenvalue weighted by molar-refractivity contribution is 6.05. The average molecular weight is 502 g/mol. The Morgan fingerprint density at radius 2 is 1.94 bits per heavy atom. The Morgan fingerprint density at radius 1 is 1.19 bits per heavy atom. The van der Waals surface area contributed by atoms with Gasteiger partial charge in [0, 0.05) is 36.5 Å². The van der Waals surface area contributed by atoms with E-state index in [0.29, 0.717) is 31.8 Å². The van der Waals surface area contributed by atoms with Gasteiger partial charge in [0.1, 0.15) is 11.5 Å². The zero-order valence-electron chi connectivity index (χ0n) is 21.3. The number of hydrogen-bond donors (Lipinski definition) is 3. The van der Waals surface area contributed by atoms with E-state index in [1.807, 2.05) is 0 Å². The van der Waals surface area contributed by atoms with Crippen LogP contribution in [0.5, 0.6) is 0 Å². The Hall–Kier alpha value is -1.58. The molecule has 4 bridgehead atoms. The molecule has 198 valence electrons. The van der Waals surface area contributed by atoms with E-state index in [1.165, 1.54) is 0 Å². The molecule has 0 aromatic heterocycles. The molecule has 8 atom stereocenters. The molecule has 3 aliphatic heterocycles. The maximum atomic E-state index is 14.0. The number of Topliss-reactive ketones (excluding diaryl/α,β-unsaturated/α-hetero) is 1. The fraction of sp³-hybridized carbons (Fsp3) is 0.786. The molecule has 3 saturated carbocycles. The van der Waals surface area contributed by atoms with Crippen molar-refractivity contribution in [1.82, 2.24) is 5.32 Å². The molecule has 2 spiro atoms. The second-order valence-corrected chi connectivity index (χ2v) is 12.5. The molecule has 0 aromatic carbocycles. The van der Waals surface area contributed by atoms with Gasteiger partial charge in [-0.05, 0) is 49.0 Å². The standard InChI is InChI=1S/C28H39NO7/c1-16-18-5-6-19-26-11-4-10-25(2,3)21(26)24(33)28(36-15-26,27(19,22(16)31)23(18)32)35-14-9-20(30)29-17-7-12-34-13-8-17/h4,11,17-19,21,23-24,32-33H,1,5-10,12-15H2,2-3H3,(H,29,30)/t18-,19-,21+,23+,24-,26+,27-,28+/m0/s1. The van der Waals surface area contributed by atoms with Crippen molar-refractivity contribution in [3.63, 3.8) is 0 Å². The molecule has 3 saturated heterocycles. The number of ketones is 1. The summed E-state index contributed by atoms with van der Waals surface area (Å²) in [5.74, 6) is -2.93. The second kappa shape index (κ2) is 8.21. The number of aliphatic hydroxyl groups is 2. The SMILES string of the molecule is C=C1C(=O)[C@]23[C@H](O)[C@H]1CC[C@H]2[C@]12C=CCC(C)(C)[C@H]1[C@H](O)[C@@]3(OCCC(=O)NC1CCOCC1)OC2. The Morgan fingerprint density at radius 3 is 2.69 bits per heavy atom. The van der Waals surface area contributed by atoms with Gasteiger partial charge in [-0.3, -0.25) is 9.59 Å². The summed E-state index contributed by atoms with van der Waals surface area (Å²) in [6, 6.07) is 0.0784. The molecule has 36 heavy (non-hydrogen) atoms. The smallest absolute Gasteiger partial charge is 0.222 e. The molecule has 1 amide bonds. The van der Waals surface area contributed by atoms with Crippen LogP contribution in [0.2, 0.25) is 0 Å². The first-order valence-corrected chi connectivity index (χ1v) is 13.5. The largest absolute Gasteiger partial charge is 0.391 e. The van der Waals surface area contributed by atoms with Crippen molar-refractivity contribution in [3.05, 3.63) is 24.3 Å². The van der Waals surface area contributed by atoms with Gasteiger partial charge in [-0.2, -0.15) is 0 Å². The topological polar surface area (TPSA) is 114 Å². The van der Waals surface area contributed by atoms with Gasteiger partial charge in [-0.1, -0.05) is 32.6 Å². The van der Waals surface area contributed by atoms with Crippen molar-refractivity contribution < 1.29 is 34.0 Å². The number of carbonyl (C=O) groups is 2. The summed E-state index contributed by atoms with van der Waals surface area (Å²) < 4.78 is 18.3. The van der Waals surface area contributed by atoms with Gasteiger partial charge in [-0.25, -0.2) is 0 Å². The van der Waals surface area contributed by atoms with Crippen molar-refractivity contribution >= 4 is 11.7 Å². The predicted molar refractivity (Wildman–Crippen MR) is 130 cm³/mol. The lowest BCUT2D eigenvalue weighted by molar-refractivity contribution is -0.447. The number of ether oxygens (including phenoxy) is 3. The van der Waals surface area contributed by atoms with Crippen LogP contribution in [0.1, 0.15) is 52.4 Å². The zero-order chi connectivity index (χ0) is 25.5. The summed E-state index contributed by atoms with van der Waals surface area (Å²) in [7, 11) is 0. The Labute approximate surface area is 212 Å². The van der Waals surface area contributed by atoms with Crippen molar-refractivity contribution in [3.8, 4) is 0 Å². The monoisotopic (exact) mass is 501 g/mol. The third-order valence-corrected chi connectivity index (χ3v) is 10.5. The third-order valence-electron chi connectivity index (χ3n) is 10.5. The normalized spacial score (nSPS) is 46.9. The summed E-state index contributed by atoms with van der Waals surface area (Å²) in [5.41, 5.74) is -1.86. The van der Waals surface area contributed by atoms with E-state index in [0.717, 1.165) is 25.7 Å². The summed E-state index contributed by atoms with van der Waals surface area (Å²) >= 11 is 0. The lowest BCUT2D eigenvalue weighted by Gasteiger charge is -2.73. The lowest BCUT2D eigenvalue weighted by atomic mass is 9.37. The van der Waals surface area contributed by atoms with Crippen LogP contribution in [-0.2, 0) is 23.8 Å². The van der Waals surface area contributed by atoms with Crippen LogP contribution in [0, 0.1) is 34.0 Å². The first kappa shape index (κ1) is 24.7. The molecule has 7 aliphatic rings. The summed E-state index contributed by atoms with van der Waals surface area (Å²) in [4.78, 5) is 26.8. The van der Waals surface area contributed by atoms with E-state index >= 15 is 0 Å². The highest BCUT2D eigenvalue weighted by Gasteiger charge is 2.86. The molecule has 0 unspecified atom stereocenters. The number of aliphatic hydroxyl groups excluding tert-OH is 2. The Balaban J connectivity index is 1.35. The van der Waals surface area contributed by atoms with Crippen molar-refractivity contribution in [1.29, 1.82) is 0 Å². The van der Waals surface area contributed by atoms with Gasteiger partial charge in [0.15, 0.2) is 5.78 Å². The van der Waals surface area contributed by atoms with E-state index < -0.39 is 28.8 Å². The minimum Gasteiger partial charge on any atom is -0.391 e. The fourth-order valence-corrected chi connectivity index (χ4v) is 9.06. The fourth-order valence-electron chi connectivity index (χ4n) is 9.06. The highest BCUT2D eigenvalue weighted by atomic mass is 16.7. The van der Waals surface area contributed by atoms with E-state index in [-0.39, 0.29) is 53.9 Å². The molecule has 3 N–H and O–H groups in total. The molecular weight excluding hydrogens is 462 g/mol. The van der Waals surface area contributed by atoms with E-state index in [9.17, 15) is 19.8 Å². The lowest BCUT2D eigenvalue weighted by Crippen LogP contribution is -2.83. The number of amides is 1. The van der Waals surface area contributed by atoms with Crippen LogP contribution in [0.15, 0.2) is 24.3 Å². The molecule has 7 rings (SSSR count). The molecule has 0 aromatic rings. The number of hydrogen-bond acceptors (Lipinski definition) is 7. The second-order valence-electron chi connectivity index (χ2n) is 12.5. The van der Waals surface area contributed by atoms with E-state index in [4.69, 9.17) is 14.2 Å². The van der Waals surface area contributed by atoms with Crippen LogP contribution in [0.3, 0.4) is 0 Å². The molecule has 6 fully saturated rings. The number of carbonyl (C=O) groups excluding carboxylic acids is 2. The minimum absolute atomic E-state index is 0.0201. The Bertz CT molecular complexity index is 1000. The first-order chi connectivity index (χ1) is 17.1. The van der Waals surface area contributed by atoms with Crippen molar-refractivity contribution in [2.24, 2.45) is 34.0 Å². The molecule has 0 radical (unpaired) electrons. The summed E-state index contributed by atoms with van der Waals surface area (Å²) in [6.45, 7) is 9.91. The van der Waals surface area contributed by atoms with E-state index in [1.54, 1.807) is 0 Å². The van der Waals surface area contributed by atoms with Gasteiger partial charge in [0.25, 0.3) is 0 Å². The van der Waals surface area contributed by atoms with Crippen molar-refractivity contribution in [2.75, 3.05) is 26.4 Å². The maximum Gasteiger partial charge on any atom is 0.222 e. The molecule has 8 nitrogen and oxygen atoms in total. The summed E-state index contributed by atoms with van der Waals surface area (Å²) in [5, 5.41) is 26.8. The maximum absolute atomic E-state index is 14.0. The molecular formula is C28H39NO7. The number of rotatable bonds is 5. The molecule has 3 heterocycles. The number of fused-ring (bicyclic) bond motifs is 2. The van der Waals surface area contributed by atoms with Gasteiger partial charge in [-0.15, -0.1) is 0 Å². The van der Waals surface area contributed by atoms with Gasteiger partial charge in [0.2, 0.25) is 11.7 Å². The predicted octanol–water partition coefficient (Wildman–Crippen LogP) is 1.89. The van der Waals surface area contributed by atoms with Crippen LogP contribution in [0.25, 0.3) is 0 Å². The van der Waals surface area contributed by atoms with Gasteiger partial charge in [0.05, 0.1) is 25.7 Å². The van der Waals surface area contributed by atoms with Gasteiger partial charge >= 0.3 is 0 Å². The van der Waals surface area contributed by atoms with Crippen LogP contribution >= 0.6 is 0 Å². The molecule has 4 aliphatic carbocycles. The molecule has 8 heteroatoms. The van der Waals surface area contributed by atoms with Gasteiger partial charge < -0.3 is 29.7 Å². The van der Waals surface area contributed by atoms with Crippen molar-refractivity contribution in [2.45, 2.75) is 76.4 Å². The minimum atomic E-state index is -1.72. The highest BCUT2D eigenvalue weighted by Crippen LogP contribution is 2.76. The first-order valence-electron chi connectivity index (χ1n) is 13.5.